The Morgan fingerprint density at radius 1 is 1.47 bits per heavy atom. The smallest absolute Gasteiger partial charge is 0.242 e. The Morgan fingerprint density at radius 3 is 2.71 bits per heavy atom. The van der Waals surface area contributed by atoms with Crippen molar-refractivity contribution in [2.24, 2.45) is 5.73 Å². The Labute approximate surface area is 114 Å². The van der Waals surface area contributed by atoms with E-state index in [0.717, 1.165) is 50.9 Å². The molecule has 1 saturated heterocycles. The van der Waals surface area contributed by atoms with Gasteiger partial charge in [0.15, 0.2) is 0 Å². The maximum Gasteiger partial charge on any atom is 0.242 e. The summed E-state index contributed by atoms with van der Waals surface area (Å²) in [6, 6.07) is 0. The second-order valence-corrected chi connectivity index (χ2v) is 6.42. The van der Waals surface area contributed by atoms with Crippen LogP contribution < -0.4 is 5.73 Å². The standard InChI is InChI=1S/C12H22N2OS.ClH/c1-2-10-9-14(7-8-16-10)11(15)12(13)5-3-4-6-12;/h10H,2-9,13H2,1H3;1H. The number of nitrogens with zero attached hydrogens (tertiary/aromatic N) is 1. The van der Waals surface area contributed by atoms with Crippen LogP contribution in [0.1, 0.15) is 39.0 Å². The first-order chi connectivity index (χ1) is 7.65. The minimum atomic E-state index is -0.527. The third-order valence-corrected chi connectivity index (χ3v) is 5.18. The van der Waals surface area contributed by atoms with E-state index in [0.29, 0.717) is 5.25 Å². The van der Waals surface area contributed by atoms with E-state index in [1.54, 1.807) is 0 Å². The summed E-state index contributed by atoms with van der Waals surface area (Å²) in [7, 11) is 0. The second-order valence-electron chi connectivity index (χ2n) is 5.02. The molecule has 0 aromatic heterocycles. The van der Waals surface area contributed by atoms with Crippen molar-refractivity contribution in [1.29, 1.82) is 0 Å². The first-order valence-corrected chi connectivity index (χ1v) is 7.40. The molecule has 2 fully saturated rings. The molecule has 2 aliphatic rings. The van der Waals surface area contributed by atoms with Gasteiger partial charge in [-0.05, 0) is 19.3 Å². The van der Waals surface area contributed by atoms with Crippen molar-refractivity contribution in [3.63, 3.8) is 0 Å². The lowest BCUT2D eigenvalue weighted by Crippen LogP contribution is -2.56. The summed E-state index contributed by atoms with van der Waals surface area (Å²) in [5.41, 5.74) is 5.69. The molecule has 100 valence electrons. The number of hydrogen-bond acceptors (Lipinski definition) is 3. The van der Waals surface area contributed by atoms with Gasteiger partial charge in [-0.1, -0.05) is 19.8 Å². The first kappa shape index (κ1) is 15.1. The van der Waals surface area contributed by atoms with Gasteiger partial charge >= 0.3 is 0 Å². The summed E-state index contributed by atoms with van der Waals surface area (Å²) in [6.07, 6.45) is 5.13. The molecule has 1 unspecified atom stereocenters. The largest absolute Gasteiger partial charge is 0.339 e. The molecule has 1 saturated carbocycles. The van der Waals surface area contributed by atoms with Crippen LogP contribution >= 0.6 is 24.2 Å². The third kappa shape index (κ3) is 3.30. The molecule has 5 heteroatoms. The molecule has 0 bridgehead atoms. The molecule has 2 N–H and O–H groups in total. The van der Waals surface area contributed by atoms with Gasteiger partial charge in [0.05, 0.1) is 5.54 Å². The Hall–Kier alpha value is 0.0700. The molecular formula is C12H23ClN2OS. The number of carbonyl (C=O) groups is 1. The van der Waals surface area contributed by atoms with Crippen molar-refractivity contribution in [3.05, 3.63) is 0 Å². The number of rotatable bonds is 2. The van der Waals surface area contributed by atoms with Crippen molar-refractivity contribution >= 4 is 30.1 Å². The van der Waals surface area contributed by atoms with Gasteiger partial charge in [0.2, 0.25) is 5.91 Å². The third-order valence-electron chi connectivity index (χ3n) is 3.80. The number of halogens is 1. The zero-order valence-corrected chi connectivity index (χ0v) is 12.1. The monoisotopic (exact) mass is 278 g/mol. The predicted octanol–water partition coefficient (Wildman–Crippen LogP) is 2.03. The fourth-order valence-electron chi connectivity index (χ4n) is 2.69. The molecule has 1 aliphatic heterocycles. The zero-order valence-electron chi connectivity index (χ0n) is 10.5. The maximum atomic E-state index is 12.4. The second kappa shape index (κ2) is 6.30. The van der Waals surface area contributed by atoms with Crippen molar-refractivity contribution in [2.45, 2.75) is 49.8 Å². The van der Waals surface area contributed by atoms with Gasteiger partial charge in [-0.2, -0.15) is 11.8 Å². The van der Waals surface area contributed by atoms with Gasteiger partial charge in [0.1, 0.15) is 0 Å². The highest BCUT2D eigenvalue weighted by Crippen LogP contribution is 2.31. The average Bonchev–Trinajstić information content (AvgIpc) is 2.76. The molecule has 3 nitrogen and oxygen atoms in total. The number of carbonyl (C=O) groups excluding carboxylic acids is 1. The summed E-state index contributed by atoms with van der Waals surface area (Å²) < 4.78 is 0. The number of nitrogens with two attached hydrogens (primary N) is 1. The molecule has 17 heavy (non-hydrogen) atoms. The van der Waals surface area contributed by atoms with E-state index in [1.807, 2.05) is 16.7 Å². The van der Waals surface area contributed by atoms with Gasteiger partial charge in [-0.3, -0.25) is 4.79 Å². The Bertz CT molecular complexity index is 269. The molecule has 0 radical (unpaired) electrons. The van der Waals surface area contributed by atoms with Crippen molar-refractivity contribution < 1.29 is 4.79 Å². The SMILES string of the molecule is CCC1CN(C(=O)C2(N)CCCC2)CCS1.Cl. The van der Waals surface area contributed by atoms with Gasteiger partial charge in [-0.15, -0.1) is 12.4 Å². The highest BCUT2D eigenvalue weighted by molar-refractivity contribution is 8.00. The van der Waals surface area contributed by atoms with E-state index in [1.165, 1.54) is 0 Å². The van der Waals surface area contributed by atoms with Crippen LogP contribution in [0.25, 0.3) is 0 Å². The van der Waals surface area contributed by atoms with Gasteiger partial charge < -0.3 is 10.6 Å². The van der Waals surface area contributed by atoms with E-state index in [-0.39, 0.29) is 18.3 Å². The summed E-state index contributed by atoms with van der Waals surface area (Å²) in [6.45, 7) is 3.98. The summed E-state index contributed by atoms with van der Waals surface area (Å²) in [5.74, 6) is 1.28. The minimum absolute atomic E-state index is 0. The van der Waals surface area contributed by atoms with Crippen LogP contribution in [0.2, 0.25) is 0 Å². The number of hydrogen-bond donors (Lipinski definition) is 1. The van der Waals surface area contributed by atoms with Crippen molar-refractivity contribution in [2.75, 3.05) is 18.8 Å². The van der Waals surface area contributed by atoms with E-state index in [2.05, 4.69) is 6.92 Å². The lowest BCUT2D eigenvalue weighted by molar-refractivity contribution is -0.136. The Kier molecular flexibility index (Phi) is 5.61. The summed E-state index contributed by atoms with van der Waals surface area (Å²) >= 11 is 1.99. The van der Waals surface area contributed by atoms with Crippen LogP contribution in [-0.4, -0.2) is 40.4 Å². The molecular weight excluding hydrogens is 256 g/mol. The van der Waals surface area contributed by atoms with Crippen LogP contribution in [0.4, 0.5) is 0 Å². The highest BCUT2D eigenvalue weighted by atomic mass is 35.5. The van der Waals surface area contributed by atoms with Crippen LogP contribution in [0, 0.1) is 0 Å². The lowest BCUT2D eigenvalue weighted by Gasteiger charge is -2.37. The molecule has 0 aromatic rings. The molecule has 2 rings (SSSR count). The normalized spacial score (nSPS) is 27.6. The predicted molar refractivity (Wildman–Crippen MR) is 75.8 cm³/mol. The number of thioether (sulfide) groups is 1. The van der Waals surface area contributed by atoms with Gasteiger partial charge in [-0.25, -0.2) is 0 Å². The quantitative estimate of drug-likeness (QED) is 0.841. The summed E-state index contributed by atoms with van der Waals surface area (Å²) in [4.78, 5) is 14.4. The van der Waals surface area contributed by atoms with E-state index in [4.69, 9.17) is 5.73 Å². The fourth-order valence-corrected chi connectivity index (χ4v) is 3.87. The maximum absolute atomic E-state index is 12.4. The van der Waals surface area contributed by atoms with E-state index in [9.17, 15) is 4.79 Å². The fraction of sp³-hybridized carbons (Fsp3) is 0.917. The van der Waals surface area contributed by atoms with Gasteiger partial charge in [0, 0.05) is 24.1 Å². The molecule has 1 atom stereocenters. The summed E-state index contributed by atoms with van der Waals surface area (Å²) in [5, 5.41) is 0.614. The van der Waals surface area contributed by atoms with Crippen molar-refractivity contribution in [3.8, 4) is 0 Å². The first-order valence-electron chi connectivity index (χ1n) is 6.35. The topological polar surface area (TPSA) is 46.3 Å². The zero-order chi connectivity index (χ0) is 11.6. The van der Waals surface area contributed by atoms with Gasteiger partial charge in [0.25, 0.3) is 0 Å². The van der Waals surface area contributed by atoms with Crippen LogP contribution in [-0.2, 0) is 4.79 Å². The molecule has 0 spiro atoms. The highest BCUT2D eigenvalue weighted by Gasteiger charge is 2.40. The Balaban J connectivity index is 0.00000144. The van der Waals surface area contributed by atoms with Crippen molar-refractivity contribution in [1.82, 2.24) is 4.90 Å². The Morgan fingerprint density at radius 2 is 2.12 bits per heavy atom. The number of amides is 1. The van der Waals surface area contributed by atoms with Crippen LogP contribution in [0.5, 0.6) is 0 Å². The minimum Gasteiger partial charge on any atom is -0.339 e. The van der Waals surface area contributed by atoms with Crippen LogP contribution in [0.3, 0.4) is 0 Å². The van der Waals surface area contributed by atoms with E-state index < -0.39 is 5.54 Å². The van der Waals surface area contributed by atoms with Crippen LogP contribution in [0.15, 0.2) is 0 Å². The lowest BCUT2D eigenvalue weighted by atomic mass is 9.97. The average molecular weight is 279 g/mol. The molecule has 1 aliphatic carbocycles. The van der Waals surface area contributed by atoms with E-state index >= 15 is 0 Å². The molecule has 1 amide bonds. The molecule has 1 heterocycles. The molecule has 0 aromatic carbocycles.